The lowest BCUT2D eigenvalue weighted by atomic mass is 10.0. The lowest BCUT2D eigenvalue weighted by Gasteiger charge is -2.31. The van der Waals surface area contributed by atoms with Crippen LogP contribution in [0.25, 0.3) is 0 Å². The van der Waals surface area contributed by atoms with Gasteiger partial charge in [0.05, 0.1) is 0 Å². The third-order valence-corrected chi connectivity index (χ3v) is 4.06. The molecule has 1 saturated heterocycles. The number of nitrogens with zero attached hydrogens (tertiary/aromatic N) is 2. The standard InChI is InChI=1S/C14H31N3/c1-4-14(5-2)13-16(6-3)11-12-17-9-7-15-8-10-17/h14-15H,4-13H2,1-3H3. The van der Waals surface area contributed by atoms with Gasteiger partial charge in [-0.05, 0) is 12.5 Å². The Balaban J connectivity index is 2.20. The van der Waals surface area contributed by atoms with Crippen molar-refractivity contribution in [2.75, 3.05) is 52.4 Å². The van der Waals surface area contributed by atoms with Gasteiger partial charge in [0.1, 0.15) is 0 Å². The van der Waals surface area contributed by atoms with Crippen molar-refractivity contribution in [3.8, 4) is 0 Å². The summed E-state index contributed by atoms with van der Waals surface area (Å²) >= 11 is 0. The van der Waals surface area contributed by atoms with Gasteiger partial charge in [0.2, 0.25) is 0 Å². The number of likely N-dealkylation sites (N-methyl/N-ethyl adjacent to an activating group) is 1. The van der Waals surface area contributed by atoms with Gasteiger partial charge in [-0.25, -0.2) is 0 Å². The molecule has 0 unspecified atom stereocenters. The number of hydrogen-bond donors (Lipinski definition) is 1. The van der Waals surface area contributed by atoms with Crippen LogP contribution in [0.3, 0.4) is 0 Å². The van der Waals surface area contributed by atoms with Gasteiger partial charge in [-0.15, -0.1) is 0 Å². The van der Waals surface area contributed by atoms with Gasteiger partial charge >= 0.3 is 0 Å². The SMILES string of the molecule is CCC(CC)CN(CC)CCN1CCNCC1. The molecule has 1 aliphatic rings. The molecule has 3 nitrogen and oxygen atoms in total. The molecule has 1 N–H and O–H groups in total. The molecular weight excluding hydrogens is 210 g/mol. The third-order valence-electron chi connectivity index (χ3n) is 4.06. The van der Waals surface area contributed by atoms with Crippen LogP contribution in [0.4, 0.5) is 0 Å². The molecule has 1 aliphatic heterocycles. The maximum atomic E-state index is 3.41. The number of rotatable bonds is 8. The van der Waals surface area contributed by atoms with Crippen molar-refractivity contribution in [2.24, 2.45) is 5.92 Å². The van der Waals surface area contributed by atoms with Gasteiger partial charge in [0.25, 0.3) is 0 Å². The Labute approximate surface area is 108 Å². The van der Waals surface area contributed by atoms with E-state index in [1.165, 1.54) is 65.2 Å². The summed E-state index contributed by atoms with van der Waals surface area (Å²) < 4.78 is 0. The van der Waals surface area contributed by atoms with Crippen molar-refractivity contribution < 1.29 is 0 Å². The molecule has 0 bridgehead atoms. The molecule has 3 heteroatoms. The predicted octanol–water partition coefficient (Wildman–Crippen LogP) is 1.65. The van der Waals surface area contributed by atoms with Crippen LogP contribution in [0, 0.1) is 5.92 Å². The zero-order chi connectivity index (χ0) is 12.5. The second kappa shape index (κ2) is 8.90. The average Bonchev–Trinajstić information content (AvgIpc) is 2.40. The van der Waals surface area contributed by atoms with Crippen LogP contribution in [-0.2, 0) is 0 Å². The quantitative estimate of drug-likeness (QED) is 0.697. The molecule has 0 aromatic carbocycles. The molecule has 0 spiro atoms. The lowest BCUT2D eigenvalue weighted by Crippen LogP contribution is -2.46. The average molecular weight is 241 g/mol. The van der Waals surface area contributed by atoms with Crippen molar-refractivity contribution in [3.63, 3.8) is 0 Å². The number of nitrogens with one attached hydrogen (secondary N) is 1. The topological polar surface area (TPSA) is 18.5 Å². The van der Waals surface area contributed by atoms with E-state index in [-0.39, 0.29) is 0 Å². The molecule has 17 heavy (non-hydrogen) atoms. The molecule has 0 radical (unpaired) electrons. The van der Waals surface area contributed by atoms with Crippen LogP contribution in [0.15, 0.2) is 0 Å². The van der Waals surface area contributed by atoms with Crippen LogP contribution in [0.2, 0.25) is 0 Å². The molecule has 1 rings (SSSR count). The fourth-order valence-corrected chi connectivity index (χ4v) is 2.51. The van der Waals surface area contributed by atoms with Crippen molar-refractivity contribution >= 4 is 0 Å². The van der Waals surface area contributed by atoms with E-state index in [2.05, 4.69) is 35.9 Å². The highest BCUT2D eigenvalue weighted by Gasteiger charge is 2.13. The van der Waals surface area contributed by atoms with E-state index < -0.39 is 0 Å². The van der Waals surface area contributed by atoms with Gasteiger partial charge in [-0.3, -0.25) is 4.90 Å². The summed E-state index contributed by atoms with van der Waals surface area (Å²) in [6, 6.07) is 0. The Bertz CT molecular complexity index is 174. The first-order valence-electron chi connectivity index (χ1n) is 7.45. The van der Waals surface area contributed by atoms with Crippen molar-refractivity contribution in [2.45, 2.75) is 33.6 Å². The molecule has 0 amide bonds. The zero-order valence-electron chi connectivity index (χ0n) is 12.0. The molecular formula is C14H31N3. The fraction of sp³-hybridized carbons (Fsp3) is 1.00. The maximum Gasteiger partial charge on any atom is 0.0110 e. The van der Waals surface area contributed by atoms with Gasteiger partial charge < -0.3 is 10.2 Å². The van der Waals surface area contributed by atoms with Gasteiger partial charge in [-0.1, -0.05) is 33.6 Å². The molecule has 0 aromatic heterocycles. The summed E-state index contributed by atoms with van der Waals surface area (Å²) in [7, 11) is 0. The normalized spacial score (nSPS) is 18.2. The highest BCUT2D eigenvalue weighted by atomic mass is 15.2. The summed E-state index contributed by atoms with van der Waals surface area (Å²) in [5.41, 5.74) is 0. The van der Waals surface area contributed by atoms with Crippen molar-refractivity contribution in [1.29, 1.82) is 0 Å². The van der Waals surface area contributed by atoms with E-state index in [0.717, 1.165) is 5.92 Å². The molecule has 102 valence electrons. The minimum absolute atomic E-state index is 0.887. The minimum atomic E-state index is 0.887. The summed E-state index contributed by atoms with van der Waals surface area (Å²) in [4.78, 5) is 5.21. The van der Waals surface area contributed by atoms with Crippen LogP contribution in [-0.4, -0.2) is 62.2 Å². The Morgan fingerprint density at radius 2 is 1.76 bits per heavy atom. The molecule has 1 fully saturated rings. The predicted molar refractivity (Wildman–Crippen MR) is 75.5 cm³/mol. The van der Waals surface area contributed by atoms with Gasteiger partial charge in [0, 0.05) is 45.8 Å². The first-order valence-corrected chi connectivity index (χ1v) is 7.45. The van der Waals surface area contributed by atoms with Crippen LogP contribution < -0.4 is 5.32 Å². The Morgan fingerprint density at radius 3 is 2.29 bits per heavy atom. The summed E-state index contributed by atoms with van der Waals surface area (Å²) in [5, 5.41) is 3.41. The van der Waals surface area contributed by atoms with E-state index in [0.29, 0.717) is 0 Å². The highest BCUT2D eigenvalue weighted by Crippen LogP contribution is 2.09. The molecule has 1 heterocycles. The molecule has 0 aliphatic carbocycles. The Kier molecular flexibility index (Phi) is 7.82. The van der Waals surface area contributed by atoms with E-state index in [1.807, 2.05) is 0 Å². The van der Waals surface area contributed by atoms with Crippen molar-refractivity contribution in [3.05, 3.63) is 0 Å². The number of piperazine rings is 1. The Morgan fingerprint density at radius 1 is 1.12 bits per heavy atom. The largest absolute Gasteiger partial charge is 0.314 e. The molecule has 0 saturated carbocycles. The van der Waals surface area contributed by atoms with Crippen LogP contribution in [0.5, 0.6) is 0 Å². The summed E-state index contributed by atoms with van der Waals surface area (Å²) in [6.45, 7) is 16.7. The summed E-state index contributed by atoms with van der Waals surface area (Å²) in [5.74, 6) is 0.887. The van der Waals surface area contributed by atoms with E-state index in [4.69, 9.17) is 0 Å². The first-order chi connectivity index (χ1) is 8.30. The lowest BCUT2D eigenvalue weighted by molar-refractivity contribution is 0.175. The van der Waals surface area contributed by atoms with Gasteiger partial charge in [-0.2, -0.15) is 0 Å². The van der Waals surface area contributed by atoms with E-state index in [1.54, 1.807) is 0 Å². The fourth-order valence-electron chi connectivity index (χ4n) is 2.51. The number of hydrogen-bond acceptors (Lipinski definition) is 3. The second-order valence-corrected chi connectivity index (χ2v) is 5.17. The highest BCUT2D eigenvalue weighted by molar-refractivity contribution is 4.70. The first kappa shape index (κ1) is 14.9. The zero-order valence-corrected chi connectivity index (χ0v) is 12.0. The smallest absolute Gasteiger partial charge is 0.0110 e. The Hall–Kier alpha value is -0.120. The molecule has 0 atom stereocenters. The maximum absolute atomic E-state index is 3.41. The minimum Gasteiger partial charge on any atom is -0.314 e. The van der Waals surface area contributed by atoms with Gasteiger partial charge in [0.15, 0.2) is 0 Å². The van der Waals surface area contributed by atoms with E-state index in [9.17, 15) is 0 Å². The monoisotopic (exact) mass is 241 g/mol. The molecule has 0 aromatic rings. The van der Waals surface area contributed by atoms with Crippen LogP contribution in [0.1, 0.15) is 33.6 Å². The van der Waals surface area contributed by atoms with Crippen LogP contribution >= 0.6 is 0 Å². The van der Waals surface area contributed by atoms with Crippen molar-refractivity contribution in [1.82, 2.24) is 15.1 Å². The third kappa shape index (κ3) is 5.84. The second-order valence-electron chi connectivity index (χ2n) is 5.17. The van der Waals surface area contributed by atoms with E-state index >= 15 is 0 Å². The summed E-state index contributed by atoms with van der Waals surface area (Å²) in [6.07, 6.45) is 2.64.